The Morgan fingerprint density at radius 2 is 2.20 bits per heavy atom. The molecule has 10 heavy (non-hydrogen) atoms. The van der Waals surface area contributed by atoms with Gasteiger partial charge < -0.3 is 0 Å². The van der Waals surface area contributed by atoms with Crippen LogP contribution < -0.4 is 4.48 Å². The summed E-state index contributed by atoms with van der Waals surface area (Å²) in [6, 6.07) is 0. The number of aromatic nitrogens is 4. The minimum absolute atomic E-state index is 0.814. The molecule has 0 fully saturated rings. The zero-order chi connectivity index (χ0) is 6.97. The van der Waals surface area contributed by atoms with E-state index in [0.29, 0.717) is 0 Å². The van der Waals surface area contributed by atoms with Gasteiger partial charge in [-0.05, 0) is 0 Å². The van der Waals surface area contributed by atoms with Crippen LogP contribution in [-0.2, 0) is 0 Å². The van der Waals surface area contributed by atoms with E-state index < -0.39 is 0 Å². The van der Waals surface area contributed by atoms with Crippen molar-refractivity contribution in [1.82, 2.24) is 19.9 Å². The van der Waals surface area contributed by atoms with E-state index in [2.05, 4.69) is 19.9 Å². The summed E-state index contributed by atoms with van der Waals surface area (Å²) < 4.78 is 0.971. The van der Waals surface area contributed by atoms with Crippen molar-refractivity contribution in [3.05, 3.63) is 12.7 Å². The van der Waals surface area contributed by atoms with Crippen molar-refractivity contribution in [3.63, 3.8) is 0 Å². The van der Waals surface area contributed by atoms with Gasteiger partial charge in [-0.1, -0.05) is 0 Å². The monoisotopic (exact) mass is 196 g/mol. The summed E-state index contributed by atoms with van der Waals surface area (Å²) in [5.41, 5.74) is 1.69. The van der Waals surface area contributed by atoms with Crippen molar-refractivity contribution >= 4 is 32.5 Å². The molecule has 1 N–H and O–H groups in total. The molecule has 0 aromatic carbocycles. The van der Waals surface area contributed by atoms with Crippen LogP contribution in [0.2, 0.25) is 0 Å². The SMILES string of the molecule is [AsH2]c1ncnc2[nH]cnc12. The van der Waals surface area contributed by atoms with E-state index in [1.807, 2.05) is 0 Å². The standard InChI is InChI=1S/C5H5AsN4/c6-4-3-5(9-1-7-3)10-2-8-4/h1-2H,6H2,(H,7,8,9,10). The topological polar surface area (TPSA) is 54.5 Å². The number of nitrogens with zero attached hydrogens (tertiary/aromatic N) is 3. The molecule has 0 radical (unpaired) electrons. The van der Waals surface area contributed by atoms with Gasteiger partial charge in [-0.3, -0.25) is 0 Å². The molecule has 1 atom stereocenters. The van der Waals surface area contributed by atoms with E-state index in [0.717, 1.165) is 15.6 Å². The number of rotatable bonds is 0. The first kappa shape index (κ1) is 5.86. The first-order valence-electron chi connectivity index (χ1n) is 2.77. The van der Waals surface area contributed by atoms with Gasteiger partial charge in [0.25, 0.3) is 0 Å². The molecule has 1 unspecified atom stereocenters. The fourth-order valence-corrected chi connectivity index (χ4v) is 1.37. The molecule has 0 saturated carbocycles. The van der Waals surface area contributed by atoms with Gasteiger partial charge >= 0.3 is 65.1 Å². The average Bonchev–Trinajstić information content (AvgIpc) is 2.36. The molecule has 0 aliphatic carbocycles. The molecular formula is C5H5AsN4. The van der Waals surface area contributed by atoms with Gasteiger partial charge in [0.2, 0.25) is 0 Å². The van der Waals surface area contributed by atoms with Gasteiger partial charge in [0, 0.05) is 0 Å². The second kappa shape index (κ2) is 2.06. The predicted molar refractivity (Wildman–Crippen MR) is 39.9 cm³/mol. The summed E-state index contributed by atoms with van der Waals surface area (Å²) in [5, 5.41) is 0. The van der Waals surface area contributed by atoms with Gasteiger partial charge in [-0.25, -0.2) is 0 Å². The zero-order valence-electron chi connectivity index (χ0n) is 5.07. The van der Waals surface area contributed by atoms with Gasteiger partial charge in [0.15, 0.2) is 0 Å². The second-order valence-corrected chi connectivity index (χ2v) is 3.01. The molecule has 0 saturated heterocycles. The van der Waals surface area contributed by atoms with E-state index in [1.165, 1.54) is 23.2 Å². The molecule has 0 amide bonds. The quantitative estimate of drug-likeness (QED) is 0.528. The number of fused-ring (bicyclic) bond motifs is 1. The molecule has 0 bridgehead atoms. The number of hydrogen-bond donors (Lipinski definition) is 1. The van der Waals surface area contributed by atoms with Gasteiger partial charge in [0.05, 0.1) is 0 Å². The van der Waals surface area contributed by atoms with Crippen LogP contribution in [0.3, 0.4) is 0 Å². The maximum absolute atomic E-state index is 4.05. The number of imidazole rings is 1. The van der Waals surface area contributed by atoms with Gasteiger partial charge in [-0.2, -0.15) is 0 Å². The molecule has 2 aromatic rings. The predicted octanol–water partition coefficient (Wildman–Crippen LogP) is -1.39. The molecule has 0 aliphatic heterocycles. The van der Waals surface area contributed by atoms with Crippen LogP contribution in [-0.4, -0.2) is 36.8 Å². The van der Waals surface area contributed by atoms with Crippen molar-refractivity contribution in [2.24, 2.45) is 0 Å². The summed E-state index contributed by atoms with van der Waals surface area (Å²) >= 11 is 1.46. The second-order valence-electron chi connectivity index (χ2n) is 1.86. The number of hydrogen-bond acceptors (Lipinski definition) is 3. The van der Waals surface area contributed by atoms with E-state index in [-0.39, 0.29) is 0 Å². The van der Waals surface area contributed by atoms with E-state index in [9.17, 15) is 0 Å². The molecule has 0 aliphatic rings. The first-order valence-corrected chi connectivity index (χ1v) is 3.98. The van der Waals surface area contributed by atoms with E-state index >= 15 is 0 Å². The normalized spacial score (nSPS) is 10.5. The summed E-state index contributed by atoms with van der Waals surface area (Å²) in [5.74, 6) is 0. The Morgan fingerprint density at radius 1 is 1.30 bits per heavy atom. The zero-order valence-corrected chi connectivity index (χ0v) is 7.50. The Morgan fingerprint density at radius 3 is 3.00 bits per heavy atom. The Kier molecular flexibility index (Phi) is 1.21. The maximum atomic E-state index is 4.05. The third kappa shape index (κ3) is 0.726. The van der Waals surface area contributed by atoms with Crippen molar-refractivity contribution in [2.45, 2.75) is 0 Å². The number of nitrogens with one attached hydrogen (secondary N) is 1. The summed E-state index contributed by atoms with van der Waals surface area (Å²) in [4.78, 5) is 15.0. The Bertz CT molecular complexity index is 355. The Labute approximate surface area is 65.6 Å². The van der Waals surface area contributed by atoms with Crippen LogP contribution in [0.1, 0.15) is 0 Å². The van der Waals surface area contributed by atoms with Gasteiger partial charge in [-0.15, -0.1) is 0 Å². The summed E-state index contributed by atoms with van der Waals surface area (Å²) in [6.07, 6.45) is 3.17. The third-order valence-electron chi connectivity index (χ3n) is 1.25. The van der Waals surface area contributed by atoms with Crippen LogP contribution in [0, 0.1) is 0 Å². The summed E-state index contributed by atoms with van der Waals surface area (Å²) in [6.45, 7) is 0. The van der Waals surface area contributed by atoms with Crippen LogP contribution in [0.4, 0.5) is 0 Å². The molecule has 5 heteroatoms. The molecule has 4 nitrogen and oxygen atoms in total. The van der Waals surface area contributed by atoms with Crippen LogP contribution in [0.5, 0.6) is 0 Å². The average molecular weight is 196 g/mol. The third-order valence-corrected chi connectivity index (χ3v) is 2.13. The first-order chi connectivity index (χ1) is 4.88. The summed E-state index contributed by atoms with van der Waals surface area (Å²) in [7, 11) is 0. The minimum atomic E-state index is 0.814. The van der Waals surface area contributed by atoms with Crippen LogP contribution in [0.25, 0.3) is 11.2 Å². The molecule has 2 rings (SSSR count). The molecule has 0 spiro atoms. The van der Waals surface area contributed by atoms with E-state index in [1.54, 1.807) is 6.33 Å². The fourth-order valence-electron chi connectivity index (χ4n) is 0.783. The Hall–Kier alpha value is -0.892. The van der Waals surface area contributed by atoms with Crippen LogP contribution >= 0.6 is 0 Å². The molecule has 2 heterocycles. The number of aromatic amines is 1. The van der Waals surface area contributed by atoms with Gasteiger partial charge in [0.1, 0.15) is 0 Å². The molecule has 50 valence electrons. The van der Waals surface area contributed by atoms with E-state index in [4.69, 9.17) is 0 Å². The number of H-pyrrole nitrogens is 1. The fraction of sp³-hybridized carbons (Fsp3) is 0. The van der Waals surface area contributed by atoms with Crippen molar-refractivity contribution < 1.29 is 0 Å². The van der Waals surface area contributed by atoms with Crippen LogP contribution in [0.15, 0.2) is 12.7 Å². The van der Waals surface area contributed by atoms with Crippen molar-refractivity contribution in [1.29, 1.82) is 0 Å². The molecule has 2 aromatic heterocycles. The molecular weight excluding hydrogens is 191 g/mol. The van der Waals surface area contributed by atoms with Crippen molar-refractivity contribution in [2.75, 3.05) is 0 Å². The van der Waals surface area contributed by atoms with Crippen molar-refractivity contribution in [3.8, 4) is 0 Å². The Balaban J connectivity index is 2.95.